The maximum absolute atomic E-state index is 5.05. The molecule has 0 bridgehead atoms. The Hall–Kier alpha value is 0.400. The first-order chi connectivity index (χ1) is 3.43. The topological polar surface area (TPSA) is 21.3 Å². The number of nitrogens with one attached hydrogen (secondary N) is 1. The molecule has 1 aliphatic rings. The fourth-order valence-electron chi connectivity index (χ4n) is 0.829. The molecule has 2 nitrogen and oxygen atoms in total. The van der Waals surface area contributed by atoms with Crippen LogP contribution in [0, 0.1) is 0 Å². The normalized spacial score (nSPS) is 27.4. The summed E-state index contributed by atoms with van der Waals surface area (Å²) in [6.07, 6.45) is 1.66. The summed E-state index contributed by atoms with van der Waals surface area (Å²) in [5.41, 5.74) is 0. The predicted molar refractivity (Wildman–Crippen MR) is 38.6 cm³/mol. The highest BCUT2D eigenvalue weighted by molar-refractivity contribution is 8.93. The lowest BCUT2D eigenvalue weighted by Crippen LogP contribution is -2.14. The van der Waals surface area contributed by atoms with E-state index in [1.807, 2.05) is 0 Å². The van der Waals surface area contributed by atoms with Crippen LogP contribution in [0.1, 0.15) is 6.42 Å². The second kappa shape index (κ2) is 4.30. The summed E-state index contributed by atoms with van der Waals surface area (Å²) in [5, 5.41) is 3.20. The summed E-state index contributed by atoms with van der Waals surface area (Å²) in [7, 11) is 1.76. The molecule has 0 aliphatic carbocycles. The van der Waals surface area contributed by atoms with Crippen molar-refractivity contribution in [2.75, 3.05) is 20.2 Å². The molecule has 0 saturated carbocycles. The van der Waals surface area contributed by atoms with Crippen molar-refractivity contribution >= 4 is 17.0 Å². The smallest absolute Gasteiger partial charge is 0.0707 e. The first kappa shape index (κ1) is 8.40. The van der Waals surface area contributed by atoms with Gasteiger partial charge >= 0.3 is 0 Å². The van der Waals surface area contributed by atoms with Crippen LogP contribution in [0.4, 0.5) is 0 Å². The van der Waals surface area contributed by atoms with Gasteiger partial charge < -0.3 is 10.1 Å². The molecule has 0 spiro atoms. The Morgan fingerprint density at radius 3 is 2.62 bits per heavy atom. The fraction of sp³-hybridized carbons (Fsp3) is 1.00. The van der Waals surface area contributed by atoms with E-state index in [-0.39, 0.29) is 17.0 Å². The standard InChI is InChI=1S/C5H11NO.BrH/c1-7-5-2-3-6-4-5;/h5-6H,2-4H2,1H3;1H. The molecule has 0 aromatic rings. The Morgan fingerprint density at radius 2 is 2.38 bits per heavy atom. The molecule has 1 aliphatic heterocycles. The highest BCUT2D eigenvalue weighted by Crippen LogP contribution is 1.99. The lowest BCUT2D eigenvalue weighted by molar-refractivity contribution is 0.119. The molecular formula is C5H12BrNO. The van der Waals surface area contributed by atoms with Crippen LogP contribution in [0.5, 0.6) is 0 Å². The number of hydrogen-bond donors (Lipinski definition) is 1. The van der Waals surface area contributed by atoms with Gasteiger partial charge in [-0.3, -0.25) is 0 Å². The van der Waals surface area contributed by atoms with Gasteiger partial charge in [0.25, 0.3) is 0 Å². The molecule has 0 radical (unpaired) electrons. The zero-order valence-corrected chi connectivity index (χ0v) is 6.73. The number of rotatable bonds is 1. The summed E-state index contributed by atoms with van der Waals surface area (Å²) >= 11 is 0. The van der Waals surface area contributed by atoms with Gasteiger partial charge in [-0.1, -0.05) is 0 Å². The summed E-state index contributed by atoms with van der Waals surface area (Å²) in [5.74, 6) is 0. The Balaban J connectivity index is 0.000000490. The fourth-order valence-corrected chi connectivity index (χ4v) is 0.829. The van der Waals surface area contributed by atoms with Gasteiger partial charge in [0, 0.05) is 13.7 Å². The second-order valence-electron chi connectivity index (χ2n) is 1.85. The molecule has 1 atom stereocenters. The molecule has 0 aromatic heterocycles. The molecule has 1 heterocycles. The highest BCUT2D eigenvalue weighted by atomic mass is 79.9. The summed E-state index contributed by atoms with van der Waals surface area (Å²) in [4.78, 5) is 0. The predicted octanol–water partition coefficient (Wildman–Crippen LogP) is 0.573. The molecule has 0 aromatic carbocycles. The van der Waals surface area contributed by atoms with Crippen molar-refractivity contribution in [1.29, 1.82) is 0 Å². The zero-order chi connectivity index (χ0) is 5.11. The molecule has 1 N–H and O–H groups in total. The van der Waals surface area contributed by atoms with Crippen molar-refractivity contribution in [3.8, 4) is 0 Å². The van der Waals surface area contributed by atoms with E-state index in [0.29, 0.717) is 6.10 Å². The maximum atomic E-state index is 5.05. The first-order valence-corrected chi connectivity index (χ1v) is 2.67. The zero-order valence-electron chi connectivity index (χ0n) is 5.02. The molecule has 1 saturated heterocycles. The second-order valence-corrected chi connectivity index (χ2v) is 1.85. The first-order valence-electron chi connectivity index (χ1n) is 2.67. The van der Waals surface area contributed by atoms with E-state index in [9.17, 15) is 0 Å². The van der Waals surface area contributed by atoms with Gasteiger partial charge in [0.1, 0.15) is 0 Å². The van der Waals surface area contributed by atoms with E-state index in [2.05, 4.69) is 5.32 Å². The molecule has 1 rings (SSSR count). The van der Waals surface area contributed by atoms with Crippen molar-refractivity contribution in [3.63, 3.8) is 0 Å². The molecule has 3 heteroatoms. The van der Waals surface area contributed by atoms with Gasteiger partial charge in [-0.25, -0.2) is 0 Å². The van der Waals surface area contributed by atoms with Crippen LogP contribution < -0.4 is 5.32 Å². The van der Waals surface area contributed by atoms with Crippen LogP contribution >= 0.6 is 17.0 Å². The summed E-state index contributed by atoms with van der Waals surface area (Å²) in [6.45, 7) is 2.16. The van der Waals surface area contributed by atoms with E-state index in [1.54, 1.807) is 7.11 Å². The largest absolute Gasteiger partial charge is 0.380 e. The van der Waals surface area contributed by atoms with Gasteiger partial charge in [0.2, 0.25) is 0 Å². The maximum Gasteiger partial charge on any atom is 0.0707 e. The SMILES string of the molecule is Br.COC1CCNC1. The third-order valence-electron chi connectivity index (χ3n) is 1.35. The van der Waals surface area contributed by atoms with Crippen molar-refractivity contribution in [3.05, 3.63) is 0 Å². The molecular weight excluding hydrogens is 170 g/mol. The summed E-state index contributed by atoms with van der Waals surface area (Å²) < 4.78 is 5.05. The van der Waals surface area contributed by atoms with E-state index >= 15 is 0 Å². The van der Waals surface area contributed by atoms with Crippen molar-refractivity contribution in [2.24, 2.45) is 0 Å². The van der Waals surface area contributed by atoms with Crippen LogP contribution in [0.2, 0.25) is 0 Å². The summed E-state index contributed by atoms with van der Waals surface area (Å²) in [6, 6.07) is 0. The van der Waals surface area contributed by atoms with Gasteiger partial charge in [-0.05, 0) is 13.0 Å². The Labute approximate surface area is 60.4 Å². The third kappa shape index (κ3) is 2.11. The molecule has 1 unspecified atom stereocenters. The van der Waals surface area contributed by atoms with E-state index in [1.165, 1.54) is 6.42 Å². The van der Waals surface area contributed by atoms with Gasteiger partial charge in [-0.2, -0.15) is 0 Å². The Morgan fingerprint density at radius 1 is 1.62 bits per heavy atom. The van der Waals surface area contributed by atoms with Crippen LogP contribution in [-0.4, -0.2) is 26.3 Å². The number of hydrogen-bond acceptors (Lipinski definition) is 2. The quantitative estimate of drug-likeness (QED) is 0.640. The van der Waals surface area contributed by atoms with Gasteiger partial charge in [-0.15, -0.1) is 17.0 Å². The van der Waals surface area contributed by atoms with Crippen molar-refractivity contribution in [2.45, 2.75) is 12.5 Å². The molecule has 0 amide bonds. The number of methoxy groups -OCH3 is 1. The lowest BCUT2D eigenvalue weighted by Gasteiger charge is -2.01. The van der Waals surface area contributed by atoms with E-state index in [0.717, 1.165) is 13.1 Å². The average molecular weight is 182 g/mol. The van der Waals surface area contributed by atoms with Crippen LogP contribution in [0.15, 0.2) is 0 Å². The van der Waals surface area contributed by atoms with Gasteiger partial charge in [0.15, 0.2) is 0 Å². The van der Waals surface area contributed by atoms with Gasteiger partial charge in [0.05, 0.1) is 6.10 Å². The Bertz CT molecular complexity index is 54.4. The van der Waals surface area contributed by atoms with E-state index < -0.39 is 0 Å². The minimum Gasteiger partial charge on any atom is -0.380 e. The highest BCUT2D eigenvalue weighted by Gasteiger charge is 2.11. The number of halogens is 1. The minimum atomic E-state index is 0. The lowest BCUT2D eigenvalue weighted by atomic mass is 10.3. The van der Waals surface area contributed by atoms with Crippen LogP contribution in [0.3, 0.4) is 0 Å². The molecule has 1 fully saturated rings. The monoisotopic (exact) mass is 181 g/mol. The molecule has 50 valence electrons. The Kier molecular flexibility index (Phi) is 4.51. The number of ether oxygens (including phenoxy) is 1. The van der Waals surface area contributed by atoms with Crippen LogP contribution in [-0.2, 0) is 4.74 Å². The average Bonchev–Trinajstić information content (AvgIpc) is 2.14. The van der Waals surface area contributed by atoms with Crippen molar-refractivity contribution in [1.82, 2.24) is 5.32 Å². The van der Waals surface area contributed by atoms with E-state index in [4.69, 9.17) is 4.74 Å². The van der Waals surface area contributed by atoms with Crippen LogP contribution in [0.25, 0.3) is 0 Å². The minimum absolute atomic E-state index is 0. The van der Waals surface area contributed by atoms with Crippen molar-refractivity contribution < 1.29 is 4.74 Å². The molecule has 8 heavy (non-hydrogen) atoms. The third-order valence-corrected chi connectivity index (χ3v) is 1.35.